The maximum Gasteiger partial charge on any atom is 0.227 e. The van der Waals surface area contributed by atoms with Gasteiger partial charge in [-0.25, -0.2) is 0 Å². The molecule has 0 saturated carbocycles. The Kier molecular flexibility index (Phi) is 4.86. The van der Waals surface area contributed by atoms with Crippen molar-refractivity contribution in [3.8, 4) is 0 Å². The molecule has 1 heterocycles. The molecule has 2 rings (SSSR count). The molecule has 20 heavy (non-hydrogen) atoms. The van der Waals surface area contributed by atoms with Crippen molar-refractivity contribution < 1.29 is 4.79 Å². The molecule has 0 atom stereocenters. The molecule has 1 aromatic carbocycles. The molecule has 0 radical (unpaired) electrons. The molecule has 6 nitrogen and oxygen atoms in total. The minimum absolute atomic E-state index is 0.191. The van der Waals surface area contributed by atoms with Crippen LogP contribution in [-0.4, -0.2) is 26.4 Å². The Bertz CT molecular complexity index is 598. The highest BCUT2D eigenvalue weighted by Gasteiger charge is 2.09. The number of nitrogens with zero attached hydrogens (tertiary/aromatic N) is 3. The summed E-state index contributed by atoms with van der Waals surface area (Å²) in [7, 11) is 1.85. The van der Waals surface area contributed by atoms with Gasteiger partial charge in [0.1, 0.15) is 0 Å². The van der Waals surface area contributed by atoms with Gasteiger partial charge in [-0.05, 0) is 24.3 Å². The minimum Gasteiger partial charge on any atom is -0.378 e. The third-order valence-electron chi connectivity index (χ3n) is 2.56. The maximum atomic E-state index is 10.7. The van der Waals surface area contributed by atoms with Gasteiger partial charge in [0.05, 0.1) is 12.3 Å². The van der Waals surface area contributed by atoms with Crippen molar-refractivity contribution in [2.75, 3.05) is 11.1 Å². The Balaban J connectivity index is 1.96. The van der Waals surface area contributed by atoms with Crippen LogP contribution in [0.2, 0.25) is 5.02 Å². The van der Waals surface area contributed by atoms with Gasteiger partial charge in [-0.15, -0.1) is 10.2 Å². The van der Waals surface area contributed by atoms with E-state index in [1.165, 1.54) is 11.8 Å². The van der Waals surface area contributed by atoms with Crippen molar-refractivity contribution >= 4 is 35.0 Å². The number of amides is 1. The lowest BCUT2D eigenvalue weighted by atomic mass is 10.3. The molecule has 3 N–H and O–H groups in total. The van der Waals surface area contributed by atoms with Crippen LogP contribution in [0.4, 0.5) is 5.69 Å². The van der Waals surface area contributed by atoms with Crippen LogP contribution in [0.15, 0.2) is 29.4 Å². The van der Waals surface area contributed by atoms with Gasteiger partial charge in [0.2, 0.25) is 5.91 Å². The van der Waals surface area contributed by atoms with Crippen LogP contribution < -0.4 is 11.1 Å². The molecule has 8 heteroatoms. The summed E-state index contributed by atoms with van der Waals surface area (Å²) in [6.45, 7) is 0.530. The average Bonchev–Trinajstić information content (AvgIpc) is 2.77. The zero-order valence-corrected chi connectivity index (χ0v) is 12.4. The molecule has 1 aromatic heterocycles. The van der Waals surface area contributed by atoms with Gasteiger partial charge in [-0.1, -0.05) is 23.4 Å². The number of nitrogens with two attached hydrogens (primary N) is 1. The summed E-state index contributed by atoms with van der Waals surface area (Å²) in [6.07, 6.45) is 0. The number of anilines is 1. The Morgan fingerprint density at radius 1 is 1.40 bits per heavy atom. The van der Waals surface area contributed by atoms with Crippen molar-refractivity contribution in [1.82, 2.24) is 14.8 Å². The summed E-state index contributed by atoms with van der Waals surface area (Å²) in [5, 5.41) is 12.7. The van der Waals surface area contributed by atoms with Crippen LogP contribution in [0.5, 0.6) is 0 Å². The second-order valence-electron chi connectivity index (χ2n) is 4.07. The lowest BCUT2D eigenvalue weighted by Gasteiger charge is -2.06. The normalized spacial score (nSPS) is 10.5. The number of aromatic nitrogens is 3. The summed E-state index contributed by atoms with van der Waals surface area (Å²) in [5.74, 6) is 0.585. The predicted octanol–water partition coefficient (Wildman–Crippen LogP) is 1.66. The fraction of sp³-hybridized carbons (Fsp3) is 0.250. The number of nitrogens with one attached hydrogen (secondary N) is 1. The zero-order chi connectivity index (χ0) is 14.5. The number of hydrogen-bond donors (Lipinski definition) is 2. The minimum atomic E-state index is -0.376. The highest BCUT2D eigenvalue weighted by atomic mass is 35.5. The first-order valence-corrected chi connectivity index (χ1v) is 7.21. The van der Waals surface area contributed by atoms with E-state index in [-0.39, 0.29) is 11.7 Å². The van der Waals surface area contributed by atoms with Crippen LogP contribution in [0.3, 0.4) is 0 Å². The predicted molar refractivity (Wildman–Crippen MR) is 79.7 cm³/mol. The molecule has 0 bridgehead atoms. The van der Waals surface area contributed by atoms with E-state index >= 15 is 0 Å². The Morgan fingerprint density at radius 3 is 2.75 bits per heavy atom. The highest BCUT2D eigenvalue weighted by molar-refractivity contribution is 7.99. The van der Waals surface area contributed by atoms with Crippen LogP contribution in [0, 0.1) is 0 Å². The second kappa shape index (κ2) is 6.62. The van der Waals surface area contributed by atoms with Crippen LogP contribution >= 0.6 is 23.4 Å². The number of hydrogen-bond acceptors (Lipinski definition) is 5. The first-order valence-electron chi connectivity index (χ1n) is 5.85. The smallest absolute Gasteiger partial charge is 0.227 e. The van der Waals surface area contributed by atoms with Crippen LogP contribution in [-0.2, 0) is 18.4 Å². The molecular weight excluding hydrogens is 298 g/mol. The third kappa shape index (κ3) is 3.88. The molecule has 0 aliphatic heterocycles. The van der Waals surface area contributed by atoms with E-state index in [1.807, 2.05) is 35.9 Å². The molecule has 0 unspecified atom stereocenters. The Hall–Kier alpha value is -1.73. The summed E-state index contributed by atoms with van der Waals surface area (Å²) in [6, 6.07) is 7.41. The van der Waals surface area contributed by atoms with E-state index in [9.17, 15) is 4.79 Å². The monoisotopic (exact) mass is 311 g/mol. The molecule has 0 aliphatic rings. The van der Waals surface area contributed by atoms with Gasteiger partial charge in [-0.2, -0.15) is 0 Å². The molecule has 0 saturated heterocycles. The average molecular weight is 312 g/mol. The number of rotatable bonds is 6. The van der Waals surface area contributed by atoms with Gasteiger partial charge in [-0.3, -0.25) is 4.79 Å². The number of carbonyl (C=O) groups is 1. The molecule has 106 valence electrons. The molecule has 2 aromatic rings. The number of halogens is 1. The van der Waals surface area contributed by atoms with Gasteiger partial charge in [0.25, 0.3) is 0 Å². The topological polar surface area (TPSA) is 85.8 Å². The molecule has 1 amide bonds. The first-order chi connectivity index (χ1) is 9.56. The van der Waals surface area contributed by atoms with E-state index in [2.05, 4.69) is 15.5 Å². The van der Waals surface area contributed by atoms with E-state index < -0.39 is 0 Å². The van der Waals surface area contributed by atoms with Crippen LogP contribution in [0.1, 0.15) is 5.82 Å². The van der Waals surface area contributed by atoms with Gasteiger partial charge >= 0.3 is 0 Å². The Morgan fingerprint density at radius 2 is 2.10 bits per heavy atom. The van der Waals surface area contributed by atoms with Crippen molar-refractivity contribution in [2.24, 2.45) is 12.8 Å². The van der Waals surface area contributed by atoms with Gasteiger partial charge in [0, 0.05) is 17.8 Å². The number of carbonyl (C=O) groups excluding carboxylic acids is 1. The summed E-state index contributed by atoms with van der Waals surface area (Å²) in [4.78, 5) is 10.7. The number of thioether (sulfide) groups is 1. The quantitative estimate of drug-likeness (QED) is 0.792. The van der Waals surface area contributed by atoms with Crippen molar-refractivity contribution in [3.63, 3.8) is 0 Å². The van der Waals surface area contributed by atoms with Crippen molar-refractivity contribution in [1.29, 1.82) is 0 Å². The molecule has 0 aliphatic carbocycles. The number of benzene rings is 1. The lowest BCUT2D eigenvalue weighted by Crippen LogP contribution is -2.13. The van der Waals surface area contributed by atoms with Crippen molar-refractivity contribution in [3.05, 3.63) is 35.1 Å². The second-order valence-corrected chi connectivity index (χ2v) is 5.45. The van der Waals surface area contributed by atoms with Gasteiger partial charge < -0.3 is 15.6 Å². The highest BCUT2D eigenvalue weighted by Crippen LogP contribution is 2.17. The SMILES string of the molecule is Cn1c(CNc2ccc(Cl)cc2)nnc1SCC(N)=O. The molecule has 0 spiro atoms. The fourth-order valence-corrected chi connectivity index (χ4v) is 2.30. The molecular formula is C12H14ClN5OS. The van der Waals surface area contributed by atoms with E-state index in [0.717, 1.165) is 11.5 Å². The van der Waals surface area contributed by atoms with E-state index in [1.54, 1.807) is 0 Å². The summed E-state index contributed by atoms with van der Waals surface area (Å²) in [5.41, 5.74) is 6.05. The standard InChI is InChI=1S/C12H14ClN5OS/c1-18-11(16-17-12(18)20-7-10(14)19)6-15-9-4-2-8(13)3-5-9/h2-5,15H,6-7H2,1H3,(H2,14,19). The molecule has 0 fully saturated rings. The van der Waals surface area contributed by atoms with Crippen LogP contribution in [0.25, 0.3) is 0 Å². The third-order valence-corrected chi connectivity index (χ3v) is 3.86. The number of primary amides is 1. The Labute approximate surface area is 125 Å². The maximum absolute atomic E-state index is 10.7. The fourth-order valence-electron chi connectivity index (χ4n) is 1.51. The first kappa shape index (κ1) is 14.7. The van der Waals surface area contributed by atoms with E-state index in [0.29, 0.717) is 16.7 Å². The van der Waals surface area contributed by atoms with E-state index in [4.69, 9.17) is 17.3 Å². The summed E-state index contributed by atoms with van der Waals surface area (Å²) >= 11 is 7.09. The lowest BCUT2D eigenvalue weighted by molar-refractivity contribution is -0.115. The van der Waals surface area contributed by atoms with Crippen molar-refractivity contribution in [2.45, 2.75) is 11.7 Å². The zero-order valence-electron chi connectivity index (χ0n) is 10.8. The summed E-state index contributed by atoms with van der Waals surface area (Å²) < 4.78 is 1.83. The largest absolute Gasteiger partial charge is 0.378 e. The van der Waals surface area contributed by atoms with Gasteiger partial charge in [0.15, 0.2) is 11.0 Å².